The lowest BCUT2D eigenvalue weighted by atomic mass is 10.2. The minimum Gasteiger partial charge on any atom is -0.480 e. The fourth-order valence-corrected chi connectivity index (χ4v) is 1.58. The van der Waals surface area contributed by atoms with Gasteiger partial charge in [-0.2, -0.15) is 0 Å². The van der Waals surface area contributed by atoms with Crippen LogP contribution in [0.2, 0.25) is 0 Å². The van der Waals surface area contributed by atoms with Crippen LogP contribution in [0.15, 0.2) is 0 Å². The first-order valence-corrected chi connectivity index (χ1v) is 8.97. The minimum atomic E-state index is -1.06. The second-order valence-electron chi connectivity index (χ2n) is 7.89. The molecular formula is C18H34N2O8. The van der Waals surface area contributed by atoms with Gasteiger partial charge in [0.05, 0.1) is 0 Å². The van der Waals surface area contributed by atoms with Gasteiger partial charge in [0.25, 0.3) is 0 Å². The second kappa shape index (κ2) is 12.0. The monoisotopic (exact) mass is 406 g/mol. The molecule has 0 aliphatic rings. The van der Waals surface area contributed by atoms with Gasteiger partial charge in [-0.15, -0.1) is 0 Å². The summed E-state index contributed by atoms with van der Waals surface area (Å²) in [5.41, 5.74) is -1.22. The molecule has 0 aromatic rings. The van der Waals surface area contributed by atoms with E-state index in [0.717, 1.165) is 0 Å². The van der Waals surface area contributed by atoms with Crippen molar-refractivity contribution < 1.29 is 38.9 Å². The molecule has 0 aliphatic heterocycles. The fourth-order valence-electron chi connectivity index (χ4n) is 1.58. The van der Waals surface area contributed by atoms with Crippen LogP contribution in [0.5, 0.6) is 0 Å². The first-order chi connectivity index (χ1) is 12.5. The Balaban J connectivity index is 0. The van der Waals surface area contributed by atoms with Crippen LogP contribution in [-0.4, -0.2) is 57.6 Å². The number of nitrogens with one attached hydrogen (secondary N) is 2. The summed E-state index contributed by atoms with van der Waals surface area (Å²) in [6, 6.07) is -1.77. The molecule has 0 aromatic carbocycles. The third kappa shape index (κ3) is 15.7. The average molecular weight is 406 g/mol. The Kier molecular flexibility index (Phi) is 11.9. The van der Waals surface area contributed by atoms with Crippen molar-refractivity contribution >= 4 is 24.1 Å². The van der Waals surface area contributed by atoms with E-state index in [1.807, 2.05) is 0 Å². The summed E-state index contributed by atoms with van der Waals surface area (Å²) in [6.45, 7) is 13.7. The van der Waals surface area contributed by atoms with E-state index in [9.17, 15) is 19.2 Å². The van der Waals surface area contributed by atoms with Crippen LogP contribution in [0.25, 0.3) is 0 Å². The number of carboxylic acids is 2. The van der Waals surface area contributed by atoms with E-state index in [0.29, 0.717) is 12.8 Å². The highest BCUT2D eigenvalue weighted by molar-refractivity contribution is 5.80. The first-order valence-electron chi connectivity index (χ1n) is 8.97. The van der Waals surface area contributed by atoms with E-state index in [1.54, 1.807) is 55.4 Å². The average Bonchev–Trinajstić information content (AvgIpc) is 2.46. The molecule has 0 spiro atoms. The zero-order chi connectivity index (χ0) is 22.7. The number of alkyl carbamates (subject to hydrolysis) is 2. The Labute approximate surface area is 166 Å². The smallest absolute Gasteiger partial charge is 0.408 e. The molecule has 0 aliphatic carbocycles. The number of rotatable bonds is 6. The summed E-state index contributed by atoms with van der Waals surface area (Å²) >= 11 is 0. The van der Waals surface area contributed by atoms with Gasteiger partial charge >= 0.3 is 24.1 Å². The highest BCUT2D eigenvalue weighted by Gasteiger charge is 2.23. The minimum absolute atomic E-state index is 0.328. The summed E-state index contributed by atoms with van der Waals surface area (Å²) in [6.07, 6.45) is -0.748. The van der Waals surface area contributed by atoms with E-state index < -0.39 is 47.4 Å². The van der Waals surface area contributed by atoms with Gasteiger partial charge in [0.2, 0.25) is 0 Å². The Morgan fingerprint density at radius 1 is 0.714 bits per heavy atom. The van der Waals surface area contributed by atoms with Crippen LogP contribution in [-0.2, 0) is 19.1 Å². The van der Waals surface area contributed by atoms with Crippen molar-refractivity contribution in [2.24, 2.45) is 0 Å². The summed E-state index contributed by atoms with van der Waals surface area (Å²) in [5.74, 6) is -2.11. The zero-order valence-corrected chi connectivity index (χ0v) is 17.9. The summed E-state index contributed by atoms with van der Waals surface area (Å²) in [5, 5.41) is 21.8. The van der Waals surface area contributed by atoms with Crippen molar-refractivity contribution in [1.29, 1.82) is 0 Å². The van der Waals surface area contributed by atoms with Gasteiger partial charge in [-0.3, -0.25) is 0 Å². The predicted octanol–water partition coefficient (Wildman–Crippen LogP) is 2.75. The lowest BCUT2D eigenvalue weighted by molar-refractivity contribution is -0.140. The van der Waals surface area contributed by atoms with Gasteiger partial charge in [0, 0.05) is 0 Å². The maximum Gasteiger partial charge on any atom is 0.408 e. The highest BCUT2D eigenvalue weighted by Crippen LogP contribution is 2.08. The van der Waals surface area contributed by atoms with Crippen LogP contribution in [0.1, 0.15) is 68.2 Å². The van der Waals surface area contributed by atoms with Crippen molar-refractivity contribution in [3.05, 3.63) is 0 Å². The molecule has 28 heavy (non-hydrogen) atoms. The number of aliphatic carboxylic acids is 2. The Hall–Kier alpha value is -2.52. The molecule has 0 fully saturated rings. The molecule has 0 heterocycles. The van der Waals surface area contributed by atoms with Crippen molar-refractivity contribution in [1.82, 2.24) is 10.6 Å². The first kappa shape index (κ1) is 27.7. The fraction of sp³-hybridized carbons (Fsp3) is 0.778. The van der Waals surface area contributed by atoms with Gasteiger partial charge in [0.1, 0.15) is 23.3 Å². The third-order valence-electron chi connectivity index (χ3n) is 2.79. The van der Waals surface area contributed by atoms with Crippen LogP contribution >= 0.6 is 0 Å². The van der Waals surface area contributed by atoms with Gasteiger partial charge in [-0.25, -0.2) is 19.2 Å². The van der Waals surface area contributed by atoms with Crippen LogP contribution in [0, 0.1) is 0 Å². The lowest BCUT2D eigenvalue weighted by Crippen LogP contribution is -2.43. The SMILES string of the molecule is CC[C@H](NC(=O)OC(C)(C)C)C(=O)O.CC[C@H](NC(=O)OC(C)(C)C)C(=O)O. The molecule has 0 saturated carbocycles. The summed E-state index contributed by atoms with van der Waals surface area (Å²) in [4.78, 5) is 43.4. The largest absolute Gasteiger partial charge is 0.480 e. The maximum atomic E-state index is 11.1. The number of ether oxygens (including phenoxy) is 2. The van der Waals surface area contributed by atoms with Crippen molar-refractivity contribution in [3.63, 3.8) is 0 Å². The zero-order valence-electron chi connectivity index (χ0n) is 17.9. The predicted molar refractivity (Wildman–Crippen MR) is 102 cm³/mol. The molecular weight excluding hydrogens is 372 g/mol. The van der Waals surface area contributed by atoms with E-state index >= 15 is 0 Å². The molecule has 164 valence electrons. The molecule has 0 aromatic heterocycles. The van der Waals surface area contributed by atoms with Crippen LogP contribution < -0.4 is 10.6 Å². The van der Waals surface area contributed by atoms with E-state index in [-0.39, 0.29) is 0 Å². The van der Waals surface area contributed by atoms with Crippen molar-refractivity contribution in [2.75, 3.05) is 0 Å². The number of carbonyl (C=O) groups excluding carboxylic acids is 2. The number of carboxylic acid groups (broad SMARTS) is 2. The summed E-state index contributed by atoms with van der Waals surface area (Å²) in [7, 11) is 0. The number of hydrogen-bond acceptors (Lipinski definition) is 6. The maximum absolute atomic E-state index is 11.1. The normalized spacial score (nSPS) is 13.1. The Morgan fingerprint density at radius 3 is 1.11 bits per heavy atom. The van der Waals surface area contributed by atoms with Crippen molar-refractivity contribution in [2.45, 2.75) is 91.5 Å². The standard InChI is InChI=1S/2C9H17NO4/c2*1-5-6(7(11)12)10-8(13)14-9(2,3)4/h2*6H,5H2,1-4H3,(H,10,13)(H,11,12)/t2*6-/m00/s1. The van der Waals surface area contributed by atoms with Crippen molar-refractivity contribution in [3.8, 4) is 0 Å². The Morgan fingerprint density at radius 2 is 0.964 bits per heavy atom. The third-order valence-corrected chi connectivity index (χ3v) is 2.79. The van der Waals surface area contributed by atoms with Crippen LogP contribution in [0.3, 0.4) is 0 Å². The quantitative estimate of drug-likeness (QED) is 0.525. The molecule has 10 nitrogen and oxygen atoms in total. The number of hydrogen-bond donors (Lipinski definition) is 4. The molecule has 4 N–H and O–H groups in total. The van der Waals surface area contributed by atoms with Gasteiger partial charge in [0.15, 0.2) is 0 Å². The van der Waals surface area contributed by atoms with E-state index in [2.05, 4.69) is 10.6 Å². The molecule has 10 heteroatoms. The summed E-state index contributed by atoms with van der Waals surface area (Å²) < 4.78 is 9.81. The van der Waals surface area contributed by atoms with Gasteiger partial charge in [-0.05, 0) is 54.4 Å². The topological polar surface area (TPSA) is 151 Å². The number of carbonyl (C=O) groups is 4. The molecule has 0 saturated heterocycles. The van der Waals surface area contributed by atoms with E-state index in [1.165, 1.54) is 0 Å². The lowest BCUT2D eigenvalue weighted by Gasteiger charge is -2.21. The number of amides is 2. The van der Waals surface area contributed by atoms with E-state index in [4.69, 9.17) is 19.7 Å². The van der Waals surface area contributed by atoms with Gasteiger partial charge < -0.3 is 30.3 Å². The molecule has 2 amide bonds. The highest BCUT2D eigenvalue weighted by atomic mass is 16.6. The van der Waals surface area contributed by atoms with Gasteiger partial charge in [-0.1, -0.05) is 13.8 Å². The molecule has 0 radical (unpaired) electrons. The molecule has 0 unspecified atom stereocenters. The molecule has 0 bridgehead atoms. The molecule has 2 atom stereocenters. The van der Waals surface area contributed by atoms with Crippen LogP contribution in [0.4, 0.5) is 9.59 Å². The second-order valence-corrected chi connectivity index (χ2v) is 7.89. The Bertz CT molecular complexity index is 487. The molecule has 0 rings (SSSR count).